The van der Waals surface area contributed by atoms with Crippen molar-refractivity contribution in [1.29, 1.82) is 0 Å². The summed E-state index contributed by atoms with van der Waals surface area (Å²) < 4.78 is 42.0. The van der Waals surface area contributed by atoms with Crippen molar-refractivity contribution in [3.05, 3.63) is 47.0 Å². The molecule has 1 aliphatic heterocycles. The number of nitrogens with one attached hydrogen (secondary N) is 1. The fourth-order valence-electron chi connectivity index (χ4n) is 4.80. The Hall–Kier alpha value is -3.61. The normalized spacial score (nSPS) is 13.6. The third kappa shape index (κ3) is 6.83. The fourth-order valence-corrected chi connectivity index (χ4v) is 5.29. The minimum absolute atomic E-state index is 0.0410. The van der Waals surface area contributed by atoms with Crippen molar-refractivity contribution >= 4 is 33.0 Å². The summed E-state index contributed by atoms with van der Waals surface area (Å²) in [6, 6.07) is 9.22. The molecule has 1 aromatic heterocycles. The van der Waals surface area contributed by atoms with Gasteiger partial charge in [-0.05, 0) is 71.7 Å². The molecule has 0 unspecified atom stereocenters. The Morgan fingerprint density at radius 1 is 1.10 bits per heavy atom. The zero-order valence-corrected chi connectivity index (χ0v) is 25.6. The lowest BCUT2D eigenvalue weighted by Crippen LogP contribution is -2.28. The van der Waals surface area contributed by atoms with Crippen LogP contribution in [0.3, 0.4) is 0 Å². The predicted molar refractivity (Wildman–Crippen MR) is 157 cm³/mol. The van der Waals surface area contributed by atoms with E-state index in [0.29, 0.717) is 28.9 Å². The highest BCUT2D eigenvalue weighted by Crippen LogP contribution is 2.44. The molecular formula is C29H38N4O7S. The van der Waals surface area contributed by atoms with Crippen LogP contribution in [-0.4, -0.2) is 88.0 Å². The van der Waals surface area contributed by atoms with Crippen LogP contribution in [-0.2, 0) is 27.9 Å². The Bertz CT molecular complexity index is 1600. The number of methoxy groups -OCH3 is 1. The minimum atomic E-state index is -3.92. The van der Waals surface area contributed by atoms with Crippen LogP contribution >= 0.6 is 0 Å². The molecule has 2 aromatic carbocycles. The van der Waals surface area contributed by atoms with Gasteiger partial charge in [0, 0.05) is 42.7 Å². The highest BCUT2D eigenvalue weighted by molar-refractivity contribution is 7.86. The Morgan fingerprint density at radius 3 is 2.41 bits per heavy atom. The number of hydrogen-bond donors (Lipinski definition) is 1. The van der Waals surface area contributed by atoms with Crippen LogP contribution in [0.5, 0.6) is 11.5 Å². The molecule has 1 N–H and O–H groups in total. The highest BCUT2D eigenvalue weighted by atomic mass is 32.2. The van der Waals surface area contributed by atoms with E-state index in [-0.39, 0.29) is 23.6 Å². The van der Waals surface area contributed by atoms with E-state index >= 15 is 0 Å². The van der Waals surface area contributed by atoms with Crippen molar-refractivity contribution in [2.75, 3.05) is 47.6 Å². The first-order valence-electron chi connectivity index (χ1n) is 13.2. The Labute approximate surface area is 241 Å². The van der Waals surface area contributed by atoms with Gasteiger partial charge in [0.1, 0.15) is 5.60 Å². The monoisotopic (exact) mass is 586 g/mol. The summed E-state index contributed by atoms with van der Waals surface area (Å²) in [7, 11) is 3.59. The summed E-state index contributed by atoms with van der Waals surface area (Å²) in [6.07, 6.45) is 0.313. The Balaban J connectivity index is 1.92. The first-order valence-corrected chi connectivity index (χ1v) is 15.0. The molecule has 0 fully saturated rings. The molecule has 1 aliphatic rings. The van der Waals surface area contributed by atoms with Crippen molar-refractivity contribution in [2.24, 2.45) is 0 Å². The second kappa shape index (κ2) is 11.3. The lowest BCUT2D eigenvalue weighted by atomic mass is 9.98. The van der Waals surface area contributed by atoms with E-state index in [4.69, 9.17) is 13.7 Å². The van der Waals surface area contributed by atoms with E-state index in [1.54, 1.807) is 20.8 Å². The van der Waals surface area contributed by atoms with Gasteiger partial charge >= 0.3 is 16.2 Å². The molecule has 0 spiro atoms. The van der Waals surface area contributed by atoms with Gasteiger partial charge in [0.25, 0.3) is 5.91 Å². The summed E-state index contributed by atoms with van der Waals surface area (Å²) >= 11 is 0. The average molecular weight is 587 g/mol. The van der Waals surface area contributed by atoms with Gasteiger partial charge in [-0.15, -0.1) is 0 Å². The largest absolute Gasteiger partial charge is 0.493 e. The van der Waals surface area contributed by atoms with Crippen molar-refractivity contribution in [2.45, 2.75) is 39.5 Å². The van der Waals surface area contributed by atoms with Gasteiger partial charge in [-0.3, -0.25) is 4.79 Å². The average Bonchev–Trinajstić information content (AvgIpc) is 3.42. The van der Waals surface area contributed by atoms with Crippen LogP contribution in [0.15, 0.2) is 30.3 Å². The molecule has 0 aliphatic carbocycles. The zero-order valence-electron chi connectivity index (χ0n) is 24.8. The summed E-state index contributed by atoms with van der Waals surface area (Å²) in [6.45, 7) is 7.90. The van der Waals surface area contributed by atoms with Crippen molar-refractivity contribution < 1.29 is 31.7 Å². The number of nitrogens with zero attached hydrogens (tertiary/aromatic N) is 3. The minimum Gasteiger partial charge on any atom is -0.493 e. The van der Waals surface area contributed by atoms with E-state index < -0.39 is 27.7 Å². The Morgan fingerprint density at radius 2 is 1.80 bits per heavy atom. The second-order valence-corrected chi connectivity index (χ2v) is 13.1. The molecule has 11 nitrogen and oxygen atoms in total. The van der Waals surface area contributed by atoms with Crippen molar-refractivity contribution in [1.82, 2.24) is 19.7 Å². The molecule has 0 radical (unpaired) electrons. The number of hydrogen-bond acceptors (Lipinski definition) is 9. The van der Waals surface area contributed by atoms with Gasteiger partial charge < -0.3 is 28.8 Å². The lowest BCUT2D eigenvalue weighted by Gasteiger charge is -2.22. The van der Waals surface area contributed by atoms with Crippen LogP contribution < -0.4 is 14.2 Å². The molecule has 4 rings (SSSR count). The number of rotatable bonds is 9. The molecule has 3 aromatic rings. The second-order valence-electron chi connectivity index (χ2n) is 11.6. The van der Waals surface area contributed by atoms with Crippen LogP contribution in [0.4, 0.5) is 4.79 Å². The number of likely N-dealkylation sites (N-methyl/N-ethyl adjacent to an activating group) is 2. The number of carbonyl (C=O) groups excluding carboxylic acids is 2. The first-order chi connectivity index (χ1) is 19.1. The van der Waals surface area contributed by atoms with Crippen molar-refractivity contribution in [3.8, 4) is 22.8 Å². The number of benzene rings is 2. The summed E-state index contributed by atoms with van der Waals surface area (Å²) in [4.78, 5) is 31.1. The lowest BCUT2D eigenvalue weighted by molar-refractivity contribution is 0.0546. The van der Waals surface area contributed by atoms with Gasteiger partial charge in [0.15, 0.2) is 11.5 Å². The molecule has 12 heteroatoms. The number of aromatic nitrogens is 1. The third-order valence-corrected chi connectivity index (χ3v) is 7.02. The zero-order chi connectivity index (χ0) is 30.3. The van der Waals surface area contributed by atoms with Crippen LogP contribution in [0, 0.1) is 0 Å². The molecule has 0 bridgehead atoms. The molecule has 41 heavy (non-hydrogen) atoms. The highest BCUT2D eigenvalue weighted by Gasteiger charge is 2.34. The van der Waals surface area contributed by atoms with Gasteiger partial charge in [-0.25, -0.2) is 9.36 Å². The van der Waals surface area contributed by atoms with Gasteiger partial charge in [0.2, 0.25) is 0 Å². The van der Waals surface area contributed by atoms with Gasteiger partial charge in [0.05, 0.1) is 30.1 Å². The molecule has 0 saturated heterocycles. The Kier molecular flexibility index (Phi) is 8.40. The molecule has 0 atom stereocenters. The van der Waals surface area contributed by atoms with E-state index in [1.165, 1.54) is 17.7 Å². The quantitative estimate of drug-likeness (QED) is 0.375. The summed E-state index contributed by atoms with van der Waals surface area (Å²) in [5.41, 5.74) is 2.23. The summed E-state index contributed by atoms with van der Waals surface area (Å²) in [5.74, 6) is -0.361. The standard InChI is InChI=1S/C29H38N4O7S/c1-29(2,3)39-28(35)33-22-10-9-18(17-32(6)12-11-31(4)5)13-19(22)14-23(33)20-15-24(38-7)26(40-41(8,36)37)21-16-30-27(34)25(20)21/h9-10,13-15H,11-12,16-17H2,1-8H3,(H,30,34). The number of fused-ring (bicyclic) bond motifs is 2. The smallest absolute Gasteiger partial charge is 0.419 e. The van der Waals surface area contributed by atoms with E-state index in [2.05, 4.69) is 22.2 Å². The number of amides is 1. The van der Waals surface area contributed by atoms with Crippen LogP contribution in [0.2, 0.25) is 0 Å². The van der Waals surface area contributed by atoms with E-state index in [1.807, 2.05) is 38.4 Å². The molecule has 222 valence electrons. The van der Waals surface area contributed by atoms with E-state index in [9.17, 15) is 18.0 Å². The topological polar surface area (TPSA) is 119 Å². The summed E-state index contributed by atoms with van der Waals surface area (Å²) in [5, 5.41) is 3.52. The maximum Gasteiger partial charge on any atom is 0.419 e. The molecule has 2 heterocycles. The van der Waals surface area contributed by atoms with Gasteiger partial charge in [-0.1, -0.05) is 6.07 Å². The number of carbonyl (C=O) groups is 2. The van der Waals surface area contributed by atoms with Crippen LogP contribution in [0.25, 0.3) is 22.2 Å². The van der Waals surface area contributed by atoms with Gasteiger partial charge in [-0.2, -0.15) is 8.42 Å². The van der Waals surface area contributed by atoms with E-state index in [0.717, 1.165) is 30.3 Å². The first kappa shape index (κ1) is 30.4. The fraction of sp³-hybridized carbons (Fsp3) is 0.448. The molecular weight excluding hydrogens is 548 g/mol. The van der Waals surface area contributed by atoms with Crippen LogP contribution in [0.1, 0.15) is 42.3 Å². The van der Waals surface area contributed by atoms with Crippen molar-refractivity contribution in [3.63, 3.8) is 0 Å². The number of ether oxygens (including phenoxy) is 2. The molecule has 0 saturated carbocycles. The maximum atomic E-state index is 13.6. The third-order valence-electron chi connectivity index (χ3n) is 6.55. The maximum absolute atomic E-state index is 13.6. The SMILES string of the molecule is COc1cc(-c2cc3cc(CN(C)CCN(C)C)ccc3n2C(=O)OC(C)(C)C)c2c(c1OS(C)(=O)=O)CNC2=O. The molecule has 1 amide bonds. The predicted octanol–water partition coefficient (Wildman–Crippen LogP) is 3.68.